The molecular formula is C19H19F2NO5S. The van der Waals surface area contributed by atoms with E-state index < -0.39 is 41.7 Å². The second kappa shape index (κ2) is 9.41. The van der Waals surface area contributed by atoms with Crippen molar-refractivity contribution >= 4 is 34.2 Å². The summed E-state index contributed by atoms with van der Waals surface area (Å²) in [6.45, 7) is 4.86. The largest absolute Gasteiger partial charge is 0.462 e. The van der Waals surface area contributed by atoms with Gasteiger partial charge in [-0.3, -0.25) is 4.79 Å². The summed E-state index contributed by atoms with van der Waals surface area (Å²) in [5.41, 5.74) is 0.557. The fourth-order valence-electron chi connectivity index (χ4n) is 2.54. The van der Waals surface area contributed by atoms with Gasteiger partial charge in [-0.15, -0.1) is 11.3 Å². The molecular weight excluding hydrogens is 392 g/mol. The first-order valence-electron chi connectivity index (χ1n) is 8.49. The fourth-order valence-corrected chi connectivity index (χ4v) is 3.69. The number of amides is 1. The molecule has 6 nitrogen and oxygen atoms in total. The number of nitrogens with one attached hydrogen (secondary N) is 1. The first-order chi connectivity index (χ1) is 13.3. The molecule has 0 radical (unpaired) electrons. The summed E-state index contributed by atoms with van der Waals surface area (Å²) in [6, 6.07) is 2.38. The van der Waals surface area contributed by atoms with Gasteiger partial charge in [0.25, 0.3) is 5.91 Å². The molecule has 0 spiro atoms. The number of carbonyl (C=O) groups is 3. The molecule has 0 saturated carbocycles. The maximum atomic E-state index is 13.6. The first kappa shape index (κ1) is 21.5. The number of thiophene rings is 1. The lowest BCUT2D eigenvalue weighted by molar-refractivity contribution is -0.119. The van der Waals surface area contributed by atoms with Crippen molar-refractivity contribution < 1.29 is 32.6 Å². The Morgan fingerprint density at radius 1 is 1.11 bits per heavy atom. The van der Waals surface area contributed by atoms with Gasteiger partial charge in [-0.1, -0.05) is 6.92 Å². The number of ether oxygens (including phenoxy) is 2. The average molecular weight is 411 g/mol. The highest BCUT2D eigenvalue weighted by atomic mass is 32.1. The monoisotopic (exact) mass is 411 g/mol. The summed E-state index contributed by atoms with van der Waals surface area (Å²) >= 11 is 1.21. The lowest BCUT2D eigenvalue weighted by atomic mass is 10.1. The fraction of sp³-hybridized carbons (Fsp3) is 0.316. The molecule has 0 aliphatic carbocycles. The highest BCUT2D eigenvalue weighted by Gasteiger charge is 2.24. The van der Waals surface area contributed by atoms with Crippen LogP contribution in [0.1, 0.15) is 45.0 Å². The number of carbonyl (C=O) groups excluding carboxylic acids is 3. The standard InChI is InChI=1S/C19H19F2NO5S/c1-4-12-10(3)28-17(16(12)19(25)26-5-2)22-15(23)9-27-18(24)13-7-6-11(20)8-14(13)21/h6-8H,4-5,9H2,1-3H3,(H,22,23). The third-order valence-electron chi connectivity index (χ3n) is 3.78. The Morgan fingerprint density at radius 2 is 1.82 bits per heavy atom. The smallest absolute Gasteiger partial charge is 0.341 e. The zero-order valence-electron chi connectivity index (χ0n) is 15.6. The molecule has 28 heavy (non-hydrogen) atoms. The van der Waals surface area contributed by atoms with Crippen LogP contribution in [-0.2, 0) is 20.7 Å². The van der Waals surface area contributed by atoms with Gasteiger partial charge in [0.15, 0.2) is 6.61 Å². The zero-order chi connectivity index (χ0) is 20.8. The van der Waals surface area contributed by atoms with Crippen molar-refractivity contribution in [2.75, 3.05) is 18.5 Å². The van der Waals surface area contributed by atoms with E-state index in [0.717, 1.165) is 22.6 Å². The molecule has 9 heteroatoms. The lowest BCUT2D eigenvalue weighted by Crippen LogP contribution is -2.22. The van der Waals surface area contributed by atoms with Crippen LogP contribution in [0.2, 0.25) is 0 Å². The van der Waals surface area contributed by atoms with Crippen molar-refractivity contribution in [2.24, 2.45) is 0 Å². The average Bonchev–Trinajstić information content (AvgIpc) is 2.94. The third kappa shape index (κ3) is 4.92. The summed E-state index contributed by atoms with van der Waals surface area (Å²) in [4.78, 5) is 37.1. The van der Waals surface area contributed by atoms with Gasteiger partial charge in [-0.25, -0.2) is 18.4 Å². The molecule has 0 aliphatic rings. The molecule has 1 aromatic heterocycles. The normalized spacial score (nSPS) is 10.5. The van der Waals surface area contributed by atoms with Gasteiger partial charge in [0.1, 0.15) is 16.6 Å². The predicted octanol–water partition coefficient (Wildman–Crippen LogP) is 3.87. The van der Waals surface area contributed by atoms with Gasteiger partial charge in [-0.05, 0) is 38.0 Å². The van der Waals surface area contributed by atoms with Crippen LogP contribution in [0.15, 0.2) is 18.2 Å². The van der Waals surface area contributed by atoms with E-state index in [1.54, 1.807) is 6.92 Å². The van der Waals surface area contributed by atoms with E-state index in [9.17, 15) is 23.2 Å². The van der Waals surface area contributed by atoms with Crippen LogP contribution in [0.25, 0.3) is 0 Å². The minimum Gasteiger partial charge on any atom is -0.462 e. The molecule has 1 heterocycles. The minimum absolute atomic E-state index is 0.186. The highest BCUT2D eigenvalue weighted by molar-refractivity contribution is 7.16. The molecule has 0 fully saturated rings. The third-order valence-corrected chi connectivity index (χ3v) is 4.84. The number of anilines is 1. The van der Waals surface area contributed by atoms with Crippen molar-refractivity contribution in [3.63, 3.8) is 0 Å². The van der Waals surface area contributed by atoms with Crippen molar-refractivity contribution in [3.8, 4) is 0 Å². The molecule has 0 aliphatic heterocycles. The van der Waals surface area contributed by atoms with E-state index in [2.05, 4.69) is 5.32 Å². The molecule has 2 aromatic rings. The van der Waals surface area contributed by atoms with E-state index in [1.165, 1.54) is 11.3 Å². The quantitative estimate of drug-likeness (QED) is 0.700. The first-order valence-corrected chi connectivity index (χ1v) is 9.31. The van der Waals surface area contributed by atoms with E-state index in [-0.39, 0.29) is 12.2 Å². The predicted molar refractivity (Wildman–Crippen MR) is 99.7 cm³/mol. The molecule has 1 aromatic carbocycles. The van der Waals surface area contributed by atoms with E-state index in [0.29, 0.717) is 17.5 Å². The van der Waals surface area contributed by atoms with Crippen molar-refractivity contribution in [3.05, 3.63) is 51.4 Å². The molecule has 2 rings (SSSR count). The van der Waals surface area contributed by atoms with Crippen LogP contribution in [0.5, 0.6) is 0 Å². The SMILES string of the molecule is CCOC(=O)c1c(NC(=O)COC(=O)c2ccc(F)cc2F)sc(C)c1CC. The second-order valence-corrected chi connectivity index (χ2v) is 6.89. The number of rotatable bonds is 7. The number of hydrogen-bond donors (Lipinski definition) is 1. The van der Waals surface area contributed by atoms with Crippen LogP contribution in [0.4, 0.5) is 13.8 Å². The Bertz CT molecular complexity index is 910. The number of benzene rings is 1. The topological polar surface area (TPSA) is 81.7 Å². The van der Waals surface area contributed by atoms with Gasteiger partial charge >= 0.3 is 11.9 Å². The van der Waals surface area contributed by atoms with Gasteiger partial charge in [0.05, 0.1) is 17.7 Å². The van der Waals surface area contributed by atoms with Crippen LogP contribution in [0.3, 0.4) is 0 Å². The molecule has 1 amide bonds. The molecule has 0 saturated heterocycles. The summed E-state index contributed by atoms with van der Waals surface area (Å²) in [7, 11) is 0. The number of aryl methyl sites for hydroxylation is 1. The Balaban J connectivity index is 2.09. The van der Waals surface area contributed by atoms with Gasteiger partial charge in [-0.2, -0.15) is 0 Å². The zero-order valence-corrected chi connectivity index (χ0v) is 16.4. The van der Waals surface area contributed by atoms with E-state index >= 15 is 0 Å². The molecule has 0 unspecified atom stereocenters. The maximum Gasteiger partial charge on any atom is 0.341 e. The molecule has 150 valence electrons. The second-order valence-electron chi connectivity index (χ2n) is 5.66. The van der Waals surface area contributed by atoms with Gasteiger partial charge < -0.3 is 14.8 Å². The van der Waals surface area contributed by atoms with E-state index in [4.69, 9.17) is 9.47 Å². The van der Waals surface area contributed by atoms with E-state index in [1.807, 2.05) is 13.8 Å². The Kier molecular flexibility index (Phi) is 7.22. The Morgan fingerprint density at radius 3 is 2.43 bits per heavy atom. The van der Waals surface area contributed by atoms with Gasteiger partial charge in [0.2, 0.25) is 0 Å². The molecule has 0 atom stereocenters. The van der Waals surface area contributed by atoms with Crippen LogP contribution in [0, 0.1) is 18.6 Å². The van der Waals surface area contributed by atoms with Crippen molar-refractivity contribution in [1.82, 2.24) is 0 Å². The highest BCUT2D eigenvalue weighted by Crippen LogP contribution is 2.34. The number of hydrogen-bond acceptors (Lipinski definition) is 6. The molecule has 1 N–H and O–H groups in total. The Hall–Kier alpha value is -2.81. The summed E-state index contributed by atoms with van der Waals surface area (Å²) in [5, 5.41) is 2.82. The van der Waals surface area contributed by atoms with Crippen LogP contribution >= 0.6 is 11.3 Å². The van der Waals surface area contributed by atoms with Crippen molar-refractivity contribution in [1.29, 1.82) is 0 Å². The minimum atomic E-state index is -1.10. The number of halogens is 2. The van der Waals surface area contributed by atoms with Crippen molar-refractivity contribution in [2.45, 2.75) is 27.2 Å². The summed E-state index contributed by atoms with van der Waals surface area (Å²) in [6.07, 6.45) is 0.575. The lowest BCUT2D eigenvalue weighted by Gasteiger charge is -2.09. The molecule has 0 bridgehead atoms. The maximum absolute atomic E-state index is 13.6. The Labute approximate surface area is 164 Å². The van der Waals surface area contributed by atoms with Gasteiger partial charge in [0, 0.05) is 10.9 Å². The summed E-state index contributed by atoms with van der Waals surface area (Å²) in [5.74, 6) is -4.28. The van der Waals surface area contributed by atoms with Crippen LogP contribution < -0.4 is 5.32 Å². The van der Waals surface area contributed by atoms with Crippen LogP contribution in [-0.4, -0.2) is 31.1 Å². The number of esters is 2. The summed E-state index contributed by atoms with van der Waals surface area (Å²) < 4.78 is 36.3.